The summed E-state index contributed by atoms with van der Waals surface area (Å²) in [5.74, 6) is 1.69. The van der Waals surface area contributed by atoms with E-state index in [4.69, 9.17) is 9.47 Å². The third kappa shape index (κ3) is 5.76. The van der Waals surface area contributed by atoms with Crippen LogP contribution in [0.5, 0.6) is 11.5 Å². The number of carbonyl (C=O) groups excluding carboxylic acids is 1. The minimum absolute atomic E-state index is 0.0845. The van der Waals surface area contributed by atoms with Gasteiger partial charge in [0.15, 0.2) is 0 Å². The van der Waals surface area contributed by atoms with Gasteiger partial charge in [-0.2, -0.15) is 0 Å². The maximum absolute atomic E-state index is 12.6. The first kappa shape index (κ1) is 19.8. The Morgan fingerprint density at radius 2 is 1.81 bits per heavy atom. The summed E-state index contributed by atoms with van der Waals surface area (Å²) in [7, 11) is 1.66. The third-order valence-electron chi connectivity index (χ3n) is 5.46. The van der Waals surface area contributed by atoms with Crippen LogP contribution in [0.25, 0.3) is 0 Å². The van der Waals surface area contributed by atoms with Crippen LogP contribution in [0.1, 0.15) is 39.0 Å². The highest BCUT2D eigenvalue weighted by molar-refractivity contribution is 5.74. The van der Waals surface area contributed by atoms with Crippen LogP contribution in [-0.4, -0.2) is 67.8 Å². The molecule has 27 heavy (non-hydrogen) atoms. The topological polar surface area (TPSA) is 54.0 Å². The van der Waals surface area contributed by atoms with Crippen LogP contribution in [0.15, 0.2) is 24.3 Å². The first-order valence-electron chi connectivity index (χ1n) is 10.3. The number of likely N-dealkylation sites (tertiary alicyclic amines) is 2. The number of hydrogen-bond acceptors (Lipinski definition) is 4. The highest BCUT2D eigenvalue weighted by Gasteiger charge is 2.27. The Kier molecular flexibility index (Phi) is 7.21. The van der Waals surface area contributed by atoms with Crippen molar-refractivity contribution < 1.29 is 14.3 Å². The van der Waals surface area contributed by atoms with Crippen molar-refractivity contribution in [3.05, 3.63) is 24.3 Å². The van der Waals surface area contributed by atoms with E-state index in [0.29, 0.717) is 0 Å². The molecule has 0 saturated carbocycles. The molecule has 150 valence electrons. The molecule has 1 aromatic carbocycles. The minimum Gasteiger partial charge on any atom is -0.497 e. The van der Waals surface area contributed by atoms with Crippen molar-refractivity contribution in [2.45, 2.75) is 51.2 Å². The second kappa shape index (κ2) is 9.83. The molecule has 2 saturated heterocycles. The van der Waals surface area contributed by atoms with Crippen LogP contribution >= 0.6 is 0 Å². The number of urea groups is 1. The summed E-state index contributed by atoms with van der Waals surface area (Å²) >= 11 is 0. The van der Waals surface area contributed by atoms with Gasteiger partial charge in [-0.3, -0.25) is 0 Å². The Morgan fingerprint density at radius 3 is 2.48 bits per heavy atom. The number of methoxy groups -OCH3 is 1. The van der Waals surface area contributed by atoms with Crippen molar-refractivity contribution in [1.82, 2.24) is 15.1 Å². The lowest BCUT2D eigenvalue weighted by Gasteiger charge is -2.36. The number of ether oxygens (including phenoxy) is 2. The molecule has 2 heterocycles. The van der Waals surface area contributed by atoms with E-state index in [9.17, 15) is 4.79 Å². The number of nitrogens with one attached hydrogen (secondary N) is 1. The van der Waals surface area contributed by atoms with Crippen molar-refractivity contribution in [1.29, 1.82) is 0 Å². The molecule has 1 atom stereocenters. The normalized spacial score (nSPS) is 21.7. The summed E-state index contributed by atoms with van der Waals surface area (Å²) in [5, 5.41) is 3.24. The molecule has 0 spiro atoms. The number of hydrogen-bond donors (Lipinski definition) is 1. The van der Waals surface area contributed by atoms with Crippen molar-refractivity contribution in [3.63, 3.8) is 0 Å². The molecule has 6 nitrogen and oxygen atoms in total. The summed E-state index contributed by atoms with van der Waals surface area (Å²) in [4.78, 5) is 17.0. The Morgan fingerprint density at radius 1 is 1.11 bits per heavy atom. The minimum atomic E-state index is 0.0845. The molecule has 1 aromatic rings. The molecule has 0 aromatic heterocycles. The van der Waals surface area contributed by atoms with E-state index in [1.807, 2.05) is 29.2 Å². The molecule has 0 bridgehead atoms. The molecule has 1 N–H and O–H groups in total. The van der Waals surface area contributed by atoms with E-state index < -0.39 is 0 Å². The SMILES string of the molecule is CCCN1CCC[C@@H](NC(=O)N2CCC(Oc3ccc(OC)cc3)CC2)C1. The summed E-state index contributed by atoms with van der Waals surface area (Å²) < 4.78 is 11.2. The standard InChI is InChI=1S/C21H33N3O3/c1-3-12-23-13-4-5-17(16-23)22-21(25)24-14-10-20(11-15-24)27-19-8-6-18(26-2)7-9-19/h6-9,17,20H,3-5,10-16H2,1-2H3,(H,22,25)/t17-/m1/s1. The summed E-state index contributed by atoms with van der Waals surface area (Å²) in [6, 6.07) is 8.05. The Bertz CT molecular complexity index is 583. The van der Waals surface area contributed by atoms with E-state index in [1.165, 1.54) is 12.8 Å². The highest BCUT2D eigenvalue weighted by atomic mass is 16.5. The number of piperidine rings is 2. The van der Waals surface area contributed by atoms with Crippen molar-refractivity contribution in [2.75, 3.05) is 39.8 Å². The highest BCUT2D eigenvalue weighted by Crippen LogP contribution is 2.22. The molecular weight excluding hydrogens is 342 g/mol. The van der Waals surface area contributed by atoms with E-state index >= 15 is 0 Å². The molecule has 2 fully saturated rings. The Hall–Kier alpha value is -1.95. The van der Waals surface area contributed by atoms with Crippen LogP contribution in [0.3, 0.4) is 0 Å². The molecule has 2 aliphatic rings. The van der Waals surface area contributed by atoms with E-state index in [2.05, 4.69) is 17.1 Å². The second-order valence-corrected chi connectivity index (χ2v) is 7.57. The van der Waals surface area contributed by atoms with Gasteiger partial charge in [-0.05, 0) is 56.6 Å². The van der Waals surface area contributed by atoms with Gasteiger partial charge in [0.1, 0.15) is 17.6 Å². The first-order valence-corrected chi connectivity index (χ1v) is 10.3. The van der Waals surface area contributed by atoms with E-state index in [1.54, 1.807) is 7.11 Å². The second-order valence-electron chi connectivity index (χ2n) is 7.57. The fourth-order valence-electron chi connectivity index (χ4n) is 3.98. The van der Waals surface area contributed by atoms with Crippen molar-refractivity contribution in [3.8, 4) is 11.5 Å². The van der Waals surface area contributed by atoms with E-state index in [0.717, 1.165) is 63.5 Å². The lowest BCUT2D eigenvalue weighted by molar-refractivity contribution is 0.107. The monoisotopic (exact) mass is 375 g/mol. The van der Waals surface area contributed by atoms with Crippen LogP contribution in [-0.2, 0) is 0 Å². The lowest BCUT2D eigenvalue weighted by atomic mass is 10.1. The molecular formula is C21H33N3O3. The van der Waals surface area contributed by atoms with Crippen LogP contribution in [0.2, 0.25) is 0 Å². The van der Waals surface area contributed by atoms with Gasteiger partial charge in [-0.15, -0.1) is 0 Å². The Labute approximate surface area is 162 Å². The van der Waals surface area contributed by atoms with Crippen LogP contribution < -0.4 is 14.8 Å². The zero-order chi connectivity index (χ0) is 19.1. The van der Waals surface area contributed by atoms with Gasteiger partial charge in [0.05, 0.1) is 7.11 Å². The summed E-state index contributed by atoms with van der Waals surface area (Å²) in [5.41, 5.74) is 0. The van der Waals surface area contributed by atoms with Crippen LogP contribution in [0, 0.1) is 0 Å². The van der Waals surface area contributed by atoms with Gasteiger partial charge in [-0.25, -0.2) is 4.79 Å². The smallest absolute Gasteiger partial charge is 0.317 e. The first-order chi connectivity index (χ1) is 13.2. The molecule has 2 aliphatic heterocycles. The number of nitrogens with zero attached hydrogens (tertiary/aromatic N) is 2. The number of rotatable bonds is 6. The van der Waals surface area contributed by atoms with Crippen molar-refractivity contribution in [2.24, 2.45) is 0 Å². The van der Waals surface area contributed by atoms with Gasteiger partial charge >= 0.3 is 6.03 Å². The number of amides is 2. The maximum atomic E-state index is 12.6. The number of carbonyl (C=O) groups is 1. The molecule has 0 radical (unpaired) electrons. The molecule has 2 amide bonds. The average Bonchev–Trinajstić information content (AvgIpc) is 2.70. The fraction of sp³-hybridized carbons (Fsp3) is 0.667. The number of benzene rings is 1. The molecule has 0 aliphatic carbocycles. The summed E-state index contributed by atoms with van der Waals surface area (Å²) in [6.07, 6.45) is 5.32. The van der Waals surface area contributed by atoms with Gasteiger partial charge < -0.3 is 24.6 Å². The Balaban J connectivity index is 1.40. The van der Waals surface area contributed by atoms with Gasteiger partial charge in [0.2, 0.25) is 0 Å². The average molecular weight is 376 g/mol. The zero-order valence-electron chi connectivity index (χ0n) is 16.7. The van der Waals surface area contributed by atoms with Gasteiger partial charge in [0, 0.05) is 38.5 Å². The van der Waals surface area contributed by atoms with Gasteiger partial charge in [-0.1, -0.05) is 6.92 Å². The largest absolute Gasteiger partial charge is 0.497 e. The predicted molar refractivity (Wildman–Crippen MR) is 107 cm³/mol. The fourth-order valence-corrected chi connectivity index (χ4v) is 3.98. The summed E-state index contributed by atoms with van der Waals surface area (Å²) in [6.45, 7) is 6.97. The van der Waals surface area contributed by atoms with Crippen molar-refractivity contribution >= 4 is 6.03 Å². The van der Waals surface area contributed by atoms with E-state index in [-0.39, 0.29) is 18.2 Å². The zero-order valence-corrected chi connectivity index (χ0v) is 16.7. The quantitative estimate of drug-likeness (QED) is 0.830. The third-order valence-corrected chi connectivity index (χ3v) is 5.46. The van der Waals surface area contributed by atoms with Gasteiger partial charge in [0.25, 0.3) is 0 Å². The molecule has 6 heteroatoms. The maximum Gasteiger partial charge on any atom is 0.317 e. The lowest BCUT2D eigenvalue weighted by Crippen LogP contribution is -2.53. The molecule has 0 unspecified atom stereocenters. The van der Waals surface area contributed by atoms with Crippen LogP contribution in [0.4, 0.5) is 4.79 Å². The predicted octanol–water partition coefficient (Wildman–Crippen LogP) is 3.12. The molecule has 3 rings (SSSR count).